The average molecular weight is 412 g/mol. The molecule has 3 nitrogen and oxygen atoms in total. The summed E-state index contributed by atoms with van der Waals surface area (Å²) in [6.45, 7) is 4.62. The molecule has 31 heavy (non-hydrogen) atoms. The van der Waals surface area contributed by atoms with E-state index in [2.05, 4.69) is 19.9 Å². The Morgan fingerprint density at radius 2 is 1.65 bits per heavy atom. The molecule has 0 bridgehead atoms. The summed E-state index contributed by atoms with van der Waals surface area (Å²) in [7, 11) is 0. The van der Waals surface area contributed by atoms with Crippen LogP contribution in [-0.4, -0.2) is 12.6 Å². The first-order chi connectivity index (χ1) is 15.2. The number of nitrogens with zero attached hydrogens (tertiary/aromatic N) is 1. The molecule has 3 rings (SSSR count). The largest absolute Gasteiger partial charge is 0.461 e. The van der Waals surface area contributed by atoms with E-state index in [1.165, 1.54) is 0 Å². The van der Waals surface area contributed by atoms with Crippen LogP contribution in [0.3, 0.4) is 0 Å². The zero-order chi connectivity index (χ0) is 22.1. The van der Waals surface area contributed by atoms with Crippen molar-refractivity contribution in [3.63, 3.8) is 0 Å². The highest BCUT2D eigenvalue weighted by atomic mass is 16.5. The molecule has 158 valence electrons. The minimum Gasteiger partial charge on any atom is -0.461 e. The Morgan fingerprint density at radius 1 is 0.935 bits per heavy atom. The van der Waals surface area contributed by atoms with Crippen LogP contribution in [0, 0.1) is 17.2 Å². The SMILES string of the molecule is CCCCC(CC)COC(=O)C(C#N)=C(c1ccccc1)c1ccc2ccccc2c1. The monoisotopic (exact) mass is 411 g/mol. The third-order valence-electron chi connectivity index (χ3n) is 5.66. The smallest absolute Gasteiger partial charge is 0.349 e. The van der Waals surface area contributed by atoms with E-state index >= 15 is 0 Å². The minimum atomic E-state index is -0.551. The Labute approximate surface area is 185 Å². The molecule has 0 aromatic heterocycles. The highest BCUT2D eigenvalue weighted by Crippen LogP contribution is 2.30. The predicted molar refractivity (Wildman–Crippen MR) is 126 cm³/mol. The topological polar surface area (TPSA) is 50.1 Å². The third-order valence-corrected chi connectivity index (χ3v) is 5.66. The van der Waals surface area contributed by atoms with Gasteiger partial charge in [0.15, 0.2) is 0 Å². The Kier molecular flexibility index (Phi) is 8.01. The van der Waals surface area contributed by atoms with Crippen molar-refractivity contribution in [1.29, 1.82) is 5.26 Å². The fourth-order valence-corrected chi connectivity index (χ4v) is 3.77. The number of benzene rings is 3. The zero-order valence-corrected chi connectivity index (χ0v) is 18.3. The van der Waals surface area contributed by atoms with Gasteiger partial charge >= 0.3 is 5.97 Å². The molecular weight excluding hydrogens is 382 g/mol. The summed E-state index contributed by atoms with van der Waals surface area (Å²) in [5.74, 6) is -0.228. The summed E-state index contributed by atoms with van der Waals surface area (Å²) < 4.78 is 5.64. The molecule has 0 aliphatic carbocycles. The van der Waals surface area contributed by atoms with Crippen molar-refractivity contribution in [2.45, 2.75) is 39.5 Å². The lowest BCUT2D eigenvalue weighted by Gasteiger charge is -2.16. The summed E-state index contributed by atoms with van der Waals surface area (Å²) in [5, 5.41) is 12.1. The summed E-state index contributed by atoms with van der Waals surface area (Å²) in [6.07, 6.45) is 4.22. The van der Waals surface area contributed by atoms with Crippen LogP contribution in [0.2, 0.25) is 0 Å². The first-order valence-corrected chi connectivity index (χ1v) is 11.0. The molecule has 0 N–H and O–H groups in total. The summed E-state index contributed by atoms with van der Waals surface area (Å²) in [6, 6.07) is 25.8. The third kappa shape index (κ3) is 5.61. The Balaban J connectivity index is 2.01. The molecule has 3 aromatic carbocycles. The van der Waals surface area contributed by atoms with Crippen LogP contribution in [0.25, 0.3) is 16.3 Å². The van der Waals surface area contributed by atoms with Crippen molar-refractivity contribution >= 4 is 22.3 Å². The van der Waals surface area contributed by atoms with Gasteiger partial charge in [-0.15, -0.1) is 0 Å². The number of nitriles is 1. The average Bonchev–Trinajstić information content (AvgIpc) is 2.82. The lowest BCUT2D eigenvalue weighted by molar-refractivity contribution is -0.139. The van der Waals surface area contributed by atoms with E-state index in [0.717, 1.165) is 47.6 Å². The van der Waals surface area contributed by atoms with Crippen molar-refractivity contribution in [3.05, 3.63) is 89.5 Å². The normalized spacial score (nSPS) is 12.7. The van der Waals surface area contributed by atoms with Gasteiger partial charge in [-0.25, -0.2) is 4.79 Å². The number of hydrogen-bond acceptors (Lipinski definition) is 3. The van der Waals surface area contributed by atoms with Gasteiger partial charge in [-0.2, -0.15) is 5.26 Å². The van der Waals surface area contributed by atoms with Gasteiger partial charge in [0.25, 0.3) is 0 Å². The Hall–Kier alpha value is -3.38. The second-order valence-corrected chi connectivity index (χ2v) is 7.80. The van der Waals surface area contributed by atoms with Crippen molar-refractivity contribution in [3.8, 4) is 6.07 Å². The van der Waals surface area contributed by atoms with Crippen LogP contribution in [0.4, 0.5) is 0 Å². The second kappa shape index (κ2) is 11.1. The fourth-order valence-electron chi connectivity index (χ4n) is 3.77. The van der Waals surface area contributed by atoms with Gasteiger partial charge < -0.3 is 4.74 Å². The number of ether oxygens (including phenoxy) is 1. The van der Waals surface area contributed by atoms with Crippen LogP contribution in [0.5, 0.6) is 0 Å². The lowest BCUT2D eigenvalue weighted by Crippen LogP contribution is -2.16. The number of rotatable bonds is 9. The number of hydrogen-bond donors (Lipinski definition) is 0. The summed E-state index contributed by atoms with van der Waals surface area (Å²) in [4.78, 5) is 13.0. The number of carbonyl (C=O) groups is 1. The first-order valence-electron chi connectivity index (χ1n) is 11.0. The first kappa shape index (κ1) is 22.3. The van der Waals surface area contributed by atoms with Gasteiger partial charge in [-0.3, -0.25) is 0 Å². The van der Waals surface area contributed by atoms with Crippen LogP contribution in [-0.2, 0) is 9.53 Å². The number of unbranched alkanes of at least 4 members (excludes halogenated alkanes) is 1. The minimum absolute atomic E-state index is 0.0480. The maximum atomic E-state index is 13.0. The maximum absolute atomic E-state index is 13.0. The second-order valence-electron chi connectivity index (χ2n) is 7.80. The van der Waals surface area contributed by atoms with Crippen LogP contribution >= 0.6 is 0 Å². The molecule has 0 aliphatic heterocycles. The molecule has 1 atom stereocenters. The predicted octanol–water partition coefficient (Wildman–Crippen LogP) is 6.92. The van der Waals surface area contributed by atoms with Gasteiger partial charge in [0.2, 0.25) is 0 Å². The van der Waals surface area contributed by atoms with Crippen molar-refractivity contribution < 1.29 is 9.53 Å². The van der Waals surface area contributed by atoms with E-state index in [4.69, 9.17) is 4.74 Å². The summed E-state index contributed by atoms with van der Waals surface area (Å²) in [5.41, 5.74) is 2.31. The fraction of sp³-hybridized carbons (Fsp3) is 0.286. The standard InChI is InChI=1S/C28H29NO2/c1-3-5-11-21(4-2)20-31-28(30)26(19-29)27(23-13-7-6-8-14-23)25-17-16-22-12-9-10-15-24(22)18-25/h6-10,12-18,21H,3-5,11,20H2,1-2H3. The molecule has 1 unspecified atom stereocenters. The number of esters is 1. The van der Waals surface area contributed by atoms with E-state index in [-0.39, 0.29) is 5.57 Å². The lowest BCUT2D eigenvalue weighted by atomic mass is 9.92. The number of carbonyl (C=O) groups excluding carboxylic acids is 1. The Bertz CT molecular complexity index is 1090. The molecule has 3 heteroatoms. The quantitative estimate of drug-likeness (QED) is 0.218. The van der Waals surface area contributed by atoms with E-state index in [9.17, 15) is 10.1 Å². The molecule has 0 saturated carbocycles. The van der Waals surface area contributed by atoms with Gasteiger partial charge in [0, 0.05) is 5.57 Å². The molecule has 0 amide bonds. The van der Waals surface area contributed by atoms with Crippen LogP contribution in [0.1, 0.15) is 50.7 Å². The molecule has 0 saturated heterocycles. The van der Waals surface area contributed by atoms with Crippen LogP contribution < -0.4 is 0 Å². The zero-order valence-electron chi connectivity index (χ0n) is 18.3. The van der Waals surface area contributed by atoms with E-state index in [1.807, 2.05) is 72.8 Å². The molecule has 0 heterocycles. The molecule has 3 aromatic rings. The number of fused-ring (bicyclic) bond motifs is 1. The van der Waals surface area contributed by atoms with Gasteiger partial charge in [0.05, 0.1) is 6.61 Å². The molecule has 0 aliphatic rings. The van der Waals surface area contributed by atoms with Crippen LogP contribution in [0.15, 0.2) is 78.4 Å². The van der Waals surface area contributed by atoms with Crippen molar-refractivity contribution in [1.82, 2.24) is 0 Å². The molecule has 0 spiro atoms. The van der Waals surface area contributed by atoms with E-state index in [1.54, 1.807) is 0 Å². The van der Waals surface area contributed by atoms with Gasteiger partial charge in [0.1, 0.15) is 11.6 Å². The highest BCUT2D eigenvalue weighted by Gasteiger charge is 2.21. The highest BCUT2D eigenvalue weighted by molar-refractivity contribution is 6.06. The molecule has 0 fully saturated rings. The van der Waals surface area contributed by atoms with Crippen molar-refractivity contribution in [2.75, 3.05) is 6.61 Å². The molecule has 0 radical (unpaired) electrons. The van der Waals surface area contributed by atoms with E-state index < -0.39 is 5.97 Å². The van der Waals surface area contributed by atoms with E-state index in [0.29, 0.717) is 18.1 Å². The van der Waals surface area contributed by atoms with Gasteiger partial charge in [-0.1, -0.05) is 99.8 Å². The maximum Gasteiger partial charge on any atom is 0.349 e. The van der Waals surface area contributed by atoms with Gasteiger partial charge in [-0.05, 0) is 40.3 Å². The molecular formula is C28H29NO2. The van der Waals surface area contributed by atoms with Crippen molar-refractivity contribution in [2.24, 2.45) is 5.92 Å². The Morgan fingerprint density at radius 3 is 2.32 bits per heavy atom. The summed E-state index contributed by atoms with van der Waals surface area (Å²) >= 11 is 0.